The molecule has 0 saturated carbocycles. The van der Waals surface area contributed by atoms with Crippen molar-refractivity contribution in [1.29, 1.82) is 0 Å². The fourth-order valence-electron chi connectivity index (χ4n) is 1.54. The Labute approximate surface area is 130 Å². The van der Waals surface area contributed by atoms with Crippen molar-refractivity contribution >= 4 is 33.7 Å². The molecule has 0 aliphatic heterocycles. The monoisotopic (exact) mass is 360 g/mol. The summed E-state index contributed by atoms with van der Waals surface area (Å²) in [6.45, 7) is 2.81. The Morgan fingerprint density at radius 2 is 2.05 bits per heavy atom. The smallest absolute Gasteiger partial charge is 0.329 e. The van der Waals surface area contributed by atoms with Gasteiger partial charge in [0.2, 0.25) is 5.91 Å². The van der Waals surface area contributed by atoms with Gasteiger partial charge in [-0.25, -0.2) is 4.79 Å². The lowest BCUT2D eigenvalue weighted by atomic mass is 9.99. The normalized spacial score (nSPS) is 13.3. The molecule has 1 atom stereocenters. The second-order valence-electron chi connectivity index (χ2n) is 4.80. The average Bonchev–Trinajstić information content (AvgIpc) is 2.83. The highest BCUT2D eigenvalue weighted by Crippen LogP contribution is 2.15. The SMILES string of the molecule is CCC(C)(NC(=O)CN(C)C(=O)c1ccc(Br)o1)C(=O)O. The van der Waals surface area contributed by atoms with E-state index in [0.29, 0.717) is 4.67 Å². The second-order valence-corrected chi connectivity index (χ2v) is 5.59. The van der Waals surface area contributed by atoms with Gasteiger partial charge in [-0.15, -0.1) is 0 Å². The van der Waals surface area contributed by atoms with Gasteiger partial charge in [-0.2, -0.15) is 0 Å². The van der Waals surface area contributed by atoms with Crippen molar-refractivity contribution in [2.24, 2.45) is 0 Å². The van der Waals surface area contributed by atoms with Crippen molar-refractivity contribution in [1.82, 2.24) is 10.2 Å². The summed E-state index contributed by atoms with van der Waals surface area (Å²) in [4.78, 5) is 36.1. The molecule has 21 heavy (non-hydrogen) atoms. The van der Waals surface area contributed by atoms with Crippen molar-refractivity contribution in [3.8, 4) is 0 Å². The summed E-state index contributed by atoms with van der Waals surface area (Å²) < 4.78 is 5.52. The van der Waals surface area contributed by atoms with Crippen molar-refractivity contribution < 1.29 is 23.9 Å². The number of carboxylic acids is 1. The van der Waals surface area contributed by atoms with Crippen LogP contribution < -0.4 is 5.32 Å². The summed E-state index contributed by atoms with van der Waals surface area (Å²) in [6, 6.07) is 3.05. The highest BCUT2D eigenvalue weighted by molar-refractivity contribution is 9.10. The number of furan rings is 1. The van der Waals surface area contributed by atoms with E-state index in [0.717, 1.165) is 4.90 Å². The number of carbonyl (C=O) groups excluding carboxylic acids is 2. The van der Waals surface area contributed by atoms with E-state index >= 15 is 0 Å². The van der Waals surface area contributed by atoms with E-state index in [2.05, 4.69) is 21.2 Å². The molecule has 0 bridgehead atoms. The van der Waals surface area contributed by atoms with Crippen molar-refractivity contribution in [3.63, 3.8) is 0 Å². The number of carboxylic acid groups (broad SMARTS) is 1. The second kappa shape index (κ2) is 6.75. The van der Waals surface area contributed by atoms with Gasteiger partial charge in [-0.3, -0.25) is 9.59 Å². The molecule has 0 radical (unpaired) electrons. The van der Waals surface area contributed by atoms with Gasteiger partial charge in [-0.05, 0) is 41.4 Å². The number of aliphatic carboxylic acids is 1. The molecule has 0 aliphatic carbocycles. The van der Waals surface area contributed by atoms with E-state index < -0.39 is 23.3 Å². The number of nitrogens with one attached hydrogen (secondary N) is 1. The van der Waals surface area contributed by atoms with Crippen LogP contribution in [0.25, 0.3) is 0 Å². The molecule has 1 heterocycles. The van der Waals surface area contributed by atoms with Gasteiger partial charge in [0.15, 0.2) is 10.4 Å². The van der Waals surface area contributed by atoms with Crippen molar-refractivity contribution in [2.45, 2.75) is 25.8 Å². The molecule has 2 N–H and O–H groups in total. The molecular formula is C13H17BrN2O5. The molecule has 116 valence electrons. The molecule has 7 nitrogen and oxygen atoms in total. The van der Waals surface area contributed by atoms with Gasteiger partial charge < -0.3 is 19.7 Å². The maximum atomic E-state index is 12.0. The lowest BCUT2D eigenvalue weighted by Crippen LogP contribution is -2.54. The summed E-state index contributed by atoms with van der Waals surface area (Å²) in [5.74, 6) is -2.05. The molecular weight excluding hydrogens is 344 g/mol. The molecule has 1 unspecified atom stereocenters. The molecule has 8 heteroatoms. The largest absolute Gasteiger partial charge is 0.480 e. The van der Waals surface area contributed by atoms with Crippen LogP contribution in [0, 0.1) is 0 Å². The van der Waals surface area contributed by atoms with Crippen LogP contribution in [0.2, 0.25) is 0 Å². The Kier molecular flexibility index (Phi) is 5.54. The van der Waals surface area contributed by atoms with E-state index in [4.69, 9.17) is 9.52 Å². The van der Waals surface area contributed by atoms with Crippen LogP contribution in [0.1, 0.15) is 30.8 Å². The van der Waals surface area contributed by atoms with Crippen LogP contribution in [0.15, 0.2) is 21.2 Å². The Balaban J connectivity index is 2.66. The maximum Gasteiger partial charge on any atom is 0.329 e. The number of rotatable bonds is 6. The summed E-state index contributed by atoms with van der Waals surface area (Å²) >= 11 is 3.08. The fourth-order valence-corrected chi connectivity index (χ4v) is 1.85. The first kappa shape index (κ1) is 17.2. The third kappa shape index (κ3) is 4.32. The highest BCUT2D eigenvalue weighted by Gasteiger charge is 2.33. The van der Waals surface area contributed by atoms with Crippen LogP contribution in [-0.4, -0.2) is 46.9 Å². The first-order valence-corrected chi connectivity index (χ1v) is 7.04. The first-order valence-electron chi connectivity index (χ1n) is 6.25. The van der Waals surface area contributed by atoms with Gasteiger partial charge >= 0.3 is 5.97 Å². The molecule has 0 fully saturated rings. The zero-order chi connectivity index (χ0) is 16.2. The number of carbonyl (C=O) groups is 3. The molecule has 0 aromatic carbocycles. The van der Waals surface area contributed by atoms with Crippen LogP contribution in [-0.2, 0) is 9.59 Å². The first-order chi connectivity index (χ1) is 9.69. The molecule has 0 aliphatic rings. The topological polar surface area (TPSA) is 99.9 Å². The predicted molar refractivity (Wildman–Crippen MR) is 77.8 cm³/mol. The van der Waals surface area contributed by atoms with E-state index in [1.807, 2.05) is 0 Å². The third-order valence-corrected chi connectivity index (χ3v) is 3.53. The lowest BCUT2D eigenvalue weighted by molar-refractivity contribution is -0.147. The van der Waals surface area contributed by atoms with Crippen LogP contribution >= 0.6 is 15.9 Å². The quantitative estimate of drug-likeness (QED) is 0.800. The van der Waals surface area contributed by atoms with E-state index in [1.54, 1.807) is 13.0 Å². The fraction of sp³-hybridized carbons (Fsp3) is 0.462. The average molecular weight is 361 g/mol. The van der Waals surface area contributed by atoms with Gasteiger partial charge in [0, 0.05) is 7.05 Å². The van der Waals surface area contributed by atoms with Gasteiger partial charge in [0.05, 0.1) is 6.54 Å². The minimum absolute atomic E-state index is 0.0914. The number of nitrogens with zero attached hydrogens (tertiary/aromatic N) is 1. The minimum Gasteiger partial charge on any atom is -0.480 e. The van der Waals surface area contributed by atoms with Crippen molar-refractivity contribution in [2.75, 3.05) is 13.6 Å². The zero-order valence-electron chi connectivity index (χ0n) is 12.0. The summed E-state index contributed by atoms with van der Waals surface area (Å²) in [7, 11) is 1.43. The zero-order valence-corrected chi connectivity index (χ0v) is 13.6. The minimum atomic E-state index is -1.35. The Morgan fingerprint density at radius 1 is 1.43 bits per heavy atom. The summed E-state index contributed by atoms with van der Waals surface area (Å²) in [5, 5.41) is 11.5. The van der Waals surface area contributed by atoms with E-state index in [9.17, 15) is 14.4 Å². The van der Waals surface area contributed by atoms with Crippen molar-refractivity contribution in [3.05, 3.63) is 22.6 Å². The number of hydrogen-bond acceptors (Lipinski definition) is 4. The molecule has 2 amide bonds. The molecule has 1 rings (SSSR count). The molecule has 0 spiro atoms. The number of likely N-dealkylation sites (N-methyl/N-ethyl adjacent to an activating group) is 1. The Hall–Kier alpha value is -1.83. The van der Waals surface area contributed by atoms with Gasteiger partial charge in [0.25, 0.3) is 5.91 Å². The third-order valence-electron chi connectivity index (χ3n) is 3.11. The predicted octanol–water partition coefficient (Wildman–Crippen LogP) is 1.48. The number of hydrogen-bond donors (Lipinski definition) is 2. The highest BCUT2D eigenvalue weighted by atomic mass is 79.9. The molecule has 1 aromatic rings. The van der Waals surface area contributed by atoms with Crippen LogP contribution in [0.5, 0.6) is 0 Å². The standard InChI is InChI=1S/C13H17BrN2O5/c1-4-13(2,12(19)20)15-10(17)7-16(3)11(18)8-5-6-9(14)21-8/h5-6H,4,7H2,1-3H3,(H,15,17)(H,19,20). The van der Waals surface area contributed by atoms with Crippen LogP contribution in [0.3, 0.4) is 0 Å². The van der Waals surface area contributed by atoms with Crippen LogP contribution in [0.4, 0.5) is 0 Å². The number of halogens is 1. The van der Waals surface area contributed by atoms with E-state index in [1.165, 1.54) is 20.0 Å². The summed E-state index contributed by atoms with van der Waals surface area (Å²) in [5.41, 5.74) is -1.35. The molecule has 1 aromatic heterocycles. The number of amides is 2. The van der Waals surface area contributed by atoms with E-state index in [-0.39, 0.29) is 18.7 Å². The Bertz CT molecular complexity index is 557. The van der Waals surface area contributed by atoms with Gasteiger partial charge in [0.1, 0.15) is 5.54 Å². The lowest BCUT2D eigenvalue weighted by Gasteiger charge is -2.26. The Morgan fingerprint density at radius 3 is 2.48 bits per heavy atom. The summed E-state index contributed by atoms with van der Waals surface area (Å²) in [6.07, 6.45) is 0.233. The maximum absolute atomic E-state index is 12.0. The molecule has 0 saturated heterocycles. The van der Waals surface area contributed by atoms with Gasteiger partial charge in [-0.1, -0.05) is 6.92 Å².